The van der Waals surface area contributed by atoms with Gasteiger partial charge in [-0.15, -0.1) is 0 Å². The molecule has 0 aliphatic heterocycles. The fourth-order valence-electron chi connectivity index (χ4n) is 4.24. The van der Waals surface area contributed by atoms with Gasteiger partial charge in [-0.25, -0.2) is 14.8 Å². The van der Waals surface area contributed by atoms with Crippen molar-refractivity contribution >= 4 is 34.0 Å². The van der Waals surface area contributed by atoms with Crippen LogP contribution in [0.2, 0.25) is 0 Å². The monoisotopic (exact) mass is 498 g/mol. The molecule has 36 heavy (non-hydrogen) atoms. The van der Waals surface area contributed by atoms with E-state index < -0.39 is 17.7 Å². The van der Waals surface area contributed by atoms with Crippen LogP contribution in [0.25, 0.3) is 27.9 Å². The van der Waals surface area contributed by atoms with Crippen molar-refractivity contribution in [1.29, 1.82) is 0 Å². The summed E-state index contributed by atoms with van der Waals surface area (Å²) in [4.78, 5) is 22.3. The second kappa shape index (κ2) is 11.0. The van der Waals surface area contributed by atoms with Crippen molar-refractivity contribution in [1.82, 2.24) is 14.5 Å². The molecule has 4 aromatic rings. The summed E-state index contributed by atoms with van der Waals surface area (Å²) in [5.41, 5.74) is 7.10. The maximum absolute atomic E-state index is 13.4. The van der Waals surface area contributed by atoms with E-state index in [0.717, 1.165) is 37.8 Å². The van der Waals surface area contributed by atoms with E-state index in [0.29, 0.717) is 11.0 Å². The first-order chi connectivity index (χ1) is 17.3. The minimum Gasteiger partial charge on any atom is -0.462 e. The highest BCUT2D eigenvalue weighted by atomic mass is 19.4. The molecule has 0 aliphatic carbocycles. The Balaban J connectivity index is 1.67. The smallest absolute Gasteiger partial charge is 0.416 e. The van der Waals surface area contributed by atoms with E-state index in [1.54, 1.807) is 24.3 Å². The minimum absolute atomic E-state index is 0.00334. The van der Waals surface area contributed by atoms with E-state index in [2.05, 4.69) is 16.9 Å². The van der Waals surface area contributed by atoms with Gasteiger partial charge in [0.05, 0.1) is 23.2 Å². The van der Waals surface area contributed by atoms with Crippen LogP contribution in [0.3, 0.4) is 0 Å². The third kappa shape index (κ3) is 5.45. The first-order valence-corrected chi connectivity index (χ1v) is 12.2. The zero-order valence-electron chi connectivity index (χ0n) is 20.1. The first-order valence-electron chi connectivity index (χ1n) is 12.2. The molecule has 190 valence electrons. The summed E-state index contributed by atoms with van der Waals surface area (Å²) in [5, 5.41) is 0. The van der Waals surface area contributed by atoms with Crippen LogP contribution in [-0.2, 0) is 10.9 Å². The Bertz CT molecular complexity index is 1360. The average molecular weight is 499 g/mol. The van der Waals surface area contributed by atoms with Crippen LogP contribution in [0.1, 0.15) is 67.8 Å². The number of hydrogen-bond donors (Lipinski definition) is 1. The van der Waals surface area contributed by atoms with Gasteiger partial charge in [0.2, 0.25) is 0 Å². The van der Waals surface area contributed by atoms with E-state index in [4.69, 9.17) is 10.5 Å². The lowest BCUT2D eigenvalue weighted by Crippen LogP contribution is -2.11. The Labute approximate surface area is 207 Å². The van der Waals surface area contributed by atoms with Crippen LogP contribution in [-0.4, -0.2) is 27.1 Å². The number of anilines is 1. The molecule has 0 unspecified atom stereocenters. The third-order valence-corrected chi connectivity index (χ3v) is 6.11. The van der Waals surface area contributed by atoms with Crippen molar-refractivity contribution in [3.05, 3.63) is 59.7 Å². The van der Waals surface area contributed by atoms with E-state index in [1.165, 1.54) is 36.0 Å². The number of nitrogen functional groups attached to an aromatic ring is 1. The number of benzene rings is 2. The van der Waals surface area contributed by atoms with E-state index in [1.807, 2.05) is 0 Å². The Morgan fingerprint density at radius 3 is 2.31 bits per heavy atom. The van der Waals surface area contributed by atoms with Gasteiger partial charge in [-0.1, -0.05) is 63.6 Å². The molecule has 2 heterocycles. The van der Waals surface area contributed by atoms with Crippen molar-refractivity contribution in [3.63, 3.8) is 0 Å². The molecule has 2 aromatic heterocycles. The summed E-state index contributed by atoms with van der Waals surface area (Å²) in [6, 6.07) is 11.8. The summed E-state index contributed by atoms with van der Waals surface area (Å²) in [7, 11) is 0. The molecular formula is C27H29F3N4O2. The number of fused-ring (bicyclic) bond motifs is 2. The van der Waals surface area contributed by atoms with Crippen molar-refractivity contribution in [2.24, 2.45) is 0 Å². The molecule has 0 atom stereocenters. The van der Waals surface area contributed by atoms with Crippen molar-refractivity contribution in [3.8, 4) is 5.69 Å². The summed E-state index contributed by atoms with van der Waals surface area (Å²) >= 11 is 0. The number of ether oxygens (including phenoxy) is 1. The van der Waals surface area contributed by atoms with Crippen LogP contribution in [0.5, 0.6) is 0 Å². The maximum atomic E-state index is 13.4. The van der Waals surface area contributed by atoms with E-state index >= 15 is 0 Å². The third-order valence-electron chi connectivity index (χ3n) is 6.11. The number of halogens is 3. The van der Waals surface area contributed by atoms with Gasteiger partial charge in [0.15, 0.2) is 5.65 Å². The predicted octanol–water partition coefficient (Wildman–Crippen LogP) is 7.08. The fraction of sp³-hybridized carbons (Fsp3) is 0.370. The lowest BCUT2D eigenvalue weighted by molar-refractivity contribution is -0.137. The summed E-state index contributed by atoms with van der Waals surface area (Å²) in [5.74, 6) is -0.733. The number of nitrogens with two attached hydrogens (primary N) is 1. The van der Waals surface area contributed by atoms with Crippen LogP contribution in [0.15, 0.2) is 48.5 Å². The van der Waals surface area contributed by atoms with E-state index in [9.17, 15) is 18.0 Å². The van der Waals surface area contributed by atoms with Gasteiger partial charge >= 0.3 is 12.1 Å². The standard InChI is InChI=1S/C27H29F3N4O2/c1-2-3-4-5-6-7-10-16-36-26(35)22-23-25(33-21-15-9-8-14-20(21)32-23)34(24(22)31)19-13-11-12-18(17-19)27(28,29)30/h8-9,11-15,17H,2-7,10,16,31H2,1H3. The van der Waals surface area contributed by atoms with Gasteiger partial charge in [-0.2, -0.15) is 13.2 Å². The Morgan fingerprint density at radius 1 is 0.944 bits per heavy atom. The highest BCUT2D eigenvalue weighted by molar-refractivity contribution is 6.09. The van der Waals surface area contributed by atoms with Gasteiger partial charge in [-0.05, 0) is 36.8 Å². The summed E-state index contributed by atoms with van der Waals surface area (Å²) < 4.78 is 47.0. The maximum Gasteiger partial charge on any atom is 0.416 e. The molecule has 0 amide bonds. The molecule has 4 rings (SSSR count). The summed E-state index contributed by atoms with van der Waals surface area (Å²) in [6.07, 6.45) is 2.97. The first kappa shape index (κ1) is 25.5. The van der Waals surface area contributed by atoms with Crippen LogP contribution in [0, 0.1) is 0 Å². The molecule has 0 fully saturated rings. The number of aromatic nitrogens is 3. The highest BCUT2D eigenvalue weighted by Crippen LogP contribution is 2.35. The minimum atomic E-state index is -4.54. The predicted molar refractivity (Wildman–Crippen MR) is 134 cm³/mol. The van der Waals surface area contributed by atoms with Gasteiger partial charge in [0, 0.05) is 5.69 Å². The topological polar surface area (TPSA) is 83.0 Å². The van der Waals surface area contributed by atoms with Crippen LogP contribution in [0.4, 0.5) is 19.0 Å². The number of para-hydroxylation sites is 2. The van der Waals surface area contributed by atoms with Crippen LogP contribution >= 0.6 is 0 Å². The van der Waals surface area contributed by atoms with Crippen molar-refractivity contribution in [2.45, 2.75) is 58.0 Å². The quantitative estimate of drug-likeness (QED) is 0.187. The molecule has 0 spiro atoms. The Kier molecular flexibility index (Phi) is 7.76. The Hall–Kier alpha value is -3.62. The molecule has 0 aliphatic rings. The molecule has 2 aromatic carbocycles. The van der Waals surface area contributed by atoms with Crippen LogP contribution < -0.4 is 5.73 Å². The zero-order chi connectivity index (χ0) is 25.7. The average Bonchev–Trinajstić information content (AvgIpc) is 3.14. The van der Waals surface area contributed by atoms with Gasteiger partial charge in [0.25, 0.3) is 0 Å². The van der Waals surface area contributed by atoms with Crippen molar-refractivity contribution in [2.75, 3.05) is 12.3 Å². The molecule has 2 N–H and O–H groups in total. The van der Waals surface area contributed by atoms with E-state index in [-0.39, 0.29) is 34.8 Å². The number of esters is 1. The SMILES string of the molecule is CCCCCCCCCOC(=O)c1c(N)n(-c2cccc(C(F)(F)F)c2)c2nc3ccccc3nc12. The molecule has 0 saturated heterocycles. The molecule has 0 bridgehead atoms. The Morgan fingerprint density at radius 2 is 1.61 bits per heavy atom. The van der Waals surface area contributed by atoms with Gasteiger partial charge < -0.3 is 10.5 Å². The zero-order valence-corrected chi connectivity index (χ0v) is 20.1. The number of carbonyl (C=O) groups is 1. The fourth-order valence-corrected chi connectivity index (χ4v) is 4.24. The molecule has 0 saturated carbocycles. The number of hydrogen-bond acceptors (Lipinski definition) is 5. The lowest BCUT2D eigenvalue weighted by Gasteiger charge is -2.12. The number of nitrogens with zero attached hydrogens (tertiary/aromatic N) is 3. The summed E-state index contributed by atoms with van der Waals surface area (Å²) in [6.45, 7) is 2.39. The normalized spacial score (nSPS) is 11.9. The molecule has 9 heteroatoms. The highest BCUT2D eigenvalue weighted by Gasteiger charge is 2.32. The number of alkyl halides is 3. The molecule has 0 radical (unpaired) electrons. The van der Waals surface area contributed by atoms with Gasteiger partial charge in [0.1, 0.15) is 16.9 Å². The second-order valence-corrected chi connectivity index (χ2v) is 8.79. The van der Waals surface area contributed by atoms with Crippen molar-refractivity contribution < 1.29 is 22.7 Å². The largest absolute Gasteiger partial charge is 0.462 e. The lowest BCUT2D eigenvalue weighted by atomic mass is 10.1. The second-order valence-electron chi connectivity index (χ2n) is 8.79. The number of carbonyl (C=O) groups excluding carboxylic acids is 1. The number of unbranched alkanes of at least 4 members (excludes halogenated alkanes) is 6. The molecule has 6 nitrogen and oxygen atoms in total. The molecular weight excluding hydrogens is 469 g/mol. The number of rotatable bonds is 10. The van der Waals surface area contributed by atoms with Gasteiger partial charge in [-0.3, -0.25) is 4.57 Å².